The van der Waals surface area contributed by atoms with Crippen LogP contribution in [0.15, 0.2) is 57.1 Å². The Bertz CT molecular complexity index is 1180. The molecule has 0 atom stereocenters. The molecule has 0 aliphatic carbocycles. The maximum atomic E-state index is 13.8. The molecule has 0 aliphatic heterocycles. The van der Waals surface area contributed by atoms with Crippen LogP contribution in [0.1, 0.15) is 11.3 Å². The van der Waals surface area contributed by atoms with Crippen molar-refractivity contribution in [2.45, 2.75) is 13.5 Å². The van der Waals surface area contributed by atoms with Gasteiger partial charge in [-0.05, 0) is 37.3 Å². The van der Waals surface area contributed by atoms with Crippen molar-refractivity contribution in [2.24, 2.45) is 0 Å². The van der Waals surface area contributed by atoms with Gasteiger partial charge in [0.05, 0.1) is 10.6 Å². The smallest absolute Gasteiger partial charge is 0.346 e. The standard InChI is InChI=1S/C20H13ClFNO3S/c1-11-10-27-19(23-11)14-7-12-5-6-13(8-18(12)26-20(14)24)25-9-15-16(21)3-2-4-17(15)22/h2-8,10H,9H2,1H3. The zero-order chi connectivity index (χ0) is 19.0. The number of benzene rings is 2. The summed E-state index contributed by atoms with van der Waals surface area (Å²) in [7, 11) is 0. The number of hydrogen-bond acceptors (Lipinski definition) is 5. The summed E-state index contributed by atoms with van der Waals surface area (Å²) < 4.78 is 24.9. The van der Waals surface area contributed by atoms with Crippen LogP contribution in [0, 0.1) is 12.7 Å². The zero-order valence-corrected chi connectivity index (χ0v) is 15.7. The fourth-order valence-corrected chi connectivity index (χ4v) is 3.65. The highest BCUT2D eigenvalue weighted by Gasteiger charge is 2.12. The molecule has 2 heterocycles. The lowest BCUT2D eigenvalue weighted by Gasteiger charge is -2.09. The Morgan fingerprint density at radius 1 is 1.26 bits per heavy atom. The van der Waals surface area contributed by atoms with Gasteiger partial charge in [0.2, 0.25) is 0 Å². The molecule has 2 aromatic carbocycles. The van der Waals surface area contributed by atoms with Crippen LogP contribution in [0.5, 0.6) is 5.75 Å². The molecule has 0 saturated carbocycles. The Labute approximate surface area is 162 Å². The van der Waals surface area contributed by atoms with Crippen LogP contribution in [0.3, 0.4) is 0 Å². The Morgan fingerprint density at radius 2 is 2.11 bits per heavy atom. The van der Waals surface area contributed by atoms with Crippen molar-refractivity contribution in [1.82, 2.24) is 4.98 Å². The van der Waals surface area contributed by atoms with Gasteiger partial charge in [-0.3, -0.25) is 0 Å². The first-order valence-electron chi connectivity index (χ1n) is 8.07. The predicted octanol–water partition coefficient (Wildman–Crippen LogP) is 5.60. The molecule has 4 rings (SSSR count). The van der Waals surface area contributed by atoms with Gasteiger partial charge in [-0.1, -0.05) is 17.7 Å². The van der Waals surface area contributed by atoms with E-state index in [9.17, 15) is 9.18 Å². The van der Waals surface area contributed by atoms with Crippen LogP contribution in [-0.4, -0.2) is 4.98 Å². The molecule has 4 nitrogen and oxygen atoms in total. The average molecular weight is 402 g/mol. The molecule has 0 saturated heterocycles. The number of aromatic nitrogens is 1. The molecule has 0 spiro atoms. The van der Waals surface area contributed by atoms with Crippen LogP contribution < -0.4 is 10.4 Å². The number of fused-ring (bicyclic) bond motifs is 1. The predicted molar refractivity (Wildman–Crippen MR) is 104 cm³/mol. The maximum absolute atomic E-state index is 13.8. The van der Waals surface area contributed by atoms with Gasteiger partial charge in [-0.2, -0.15) is 0 Å². The third kappa shape index (κ3) is 3.59. The minimum Gasteiger partial charge on any atom is -0.489 e. The number of halogens is 2. The molecular formula is C20H13ClFNO3S. The first kappa shape index (κ1) is 17.7. The largest absolute Gasteiger partial charge is 0.489 e. The van der Waals surface area contributed by atoms with Gasteiger partial charge < -0.3 is 9.15 Å². The lowest BCUT2D eigenvalue weighted by molar-refractivity contribution is 0.300. The monoisotopic (exact) mass is 401 g/mol. The third-order valence-corrected chi connectivity index (χ3v) is 5.35. The molecule has 7 heteroatoms. The number of ether oxygens (including phenoxy) is 1. The number of hydrogen-bond donors (Lipinski definition) is 0. The van der Waals surface area contributed by atoms with Crippen molar-refractivity contribution in [1.29, 1.82) is 0 Å². The van der Waals surface area contributed by atoms with E-state index < -0.39 is 11.4 Å². The van der Waals surface area contributed by atoms with Gasteiger partial charge in [0.1, 0.15) is 28.8 Å². The van der Waals surface area contributed by atoms with Crippen molar-refractivity contribution < 1.29 is 13.5 Å². The molecule has 27 heavy (non-hydrogen) atoms. The summed E-state index contributed by atoms with van der Waals surface area (Å²) in [5.74, 6) is 0.0148. The van der Waals surface area contributed by atoms with Crippen LogP contribution in [0.4, 0.5) is 4.39 Å². The van der Waals surface area contributed by atoms with E-state index in [2.05, 4.69) is 4.98 Å². The normalized spacial score (nSPS) is 11.1. The van der Waals surface area contributed by atoms with Crippen LogP contribution >= 0.6 is 22.9 Å². The Hall–Kier alpha value is -2.70. The van der Waals surface area contributed by atoms with E-state index in [-0.39, 0.29) is 12.2 Å². The lowest BCUT2D eigenvalue weighted by atomic mass is 10.2. The van der Waals surface area contributed by atoms with Gasteiger partial charge in [-0.25, -0.2) is 14.2 Å². The molecule has 136 valence electrons. The first-order chi connectivity index (χ1) is 13.0. The minimum absolute atomic E-state index is 0.0300. The summed E-state index contributed by atoms with van der Waals surface area (Å²) in [6.45, 7) is 1.84. The average Bonchev–Trinajstić information content (AvgIpc) is 3.06. The molecule has 0 bridgehead atoms. The summed E-state index contributed by atoms with van der Waals surface area (Å²) in [6, 6.07) is 11.3. The van der Waals surface area contributed by atoms with Crippen molar-refractivity contribution in [3.63, 3.8) is 0 Å². The summed E-state index contributed by atoms with van der Waals surface area (Å²) in [4.78, 5) is 16.6. The highest BCUT2D eigenvalue weighted by Crippen LogP contribution is 2.27. The summed E-state index contributed by atoms with van der Waals surface area (Å²) in [5, 5.41) is 3.54. The van der Waals surface area contributed by atoms with E-state index in [0.29, 0.717) is 26.9 Å². The molecule has 0 aliphatic rings. The summed E-state index contributed by atoms with van der Waals surface area (Å²) in [5.41, 5.74) is 1.47. The minimum atomic E-state index is -0.467. The lowest BCUT2D eigenvalue weighted by Crippen LogP contribution is -2.03. The molecule has 0 unspecified atom stereocenters. The van der Waals surface area contributed by atoms with Crippen molar-refractivity contribution in [3.05, 3.63) is 80.4 Å². The van der Waals surface area contributed by atoms with Crippen molar-refractivity contribution in [3.8, 4) is 16.3 Å². The van der Waals surface area contributed by atoms with Gasteiger partial charge >= 0.3 is 5.63 Å². The van der Waals surface area contributed by atoms with E-state index in [1.165, 1.54) is 23.5 Å². The summed E-state index contributed by atoms with van der Waals surface area (Å²) in [6.07, 6.45) is 0. The van der Waals surface area contributed by atoms with Gasteiger partial charge in [0, 0.05) is 28.1 Å². The molecule has 0 amide bonds. The van der Waals surface area contributed by atoms with Crippen molar-refractivity contribution >= 4 is 33.9 Å². The first-order valence-corrected chi connectivity index (χ1v) is 9.33. The van der Waals surface area contributed by atoms with E-state index in [1.807, 2.05) is 12.3 Å². The van der Waals surface area contributed by atoms with Gasteiger partial charge in [0.25, 0.3) is 0 Å². The zero-order valence-electron chi connectivity index (χ0n) is 14.2. The van der Waals surface area contributed by atoms with Crippen LogP contribution in [0.25, 0.3) is 21.5 Å². The second-order valence-electron chi connectivity index (χ2n) is 5.93. The molecular weight excluding hydrogens is 389 g/mol. The molecule has 4 aromatic rings. The fourth-order valence-electron chi connectivity index (χ4n) is 2.63. The molecule has 2 aromatic heterocycles. The van der Waals surface area contributed by atoms with Crippen LogP contribution in [0.2, 0.25) is 5.02 Å². The van der Waals surface area contributed by atoms with Gasteiger partial charge in [0.15, 0.2) is 0 Å². The SMILES string of the molecule is Cc1csc(-c2cc3ccc(OCc4c(F)cccc4Cl)cc3oc2=O)n1. The second kappa shape index (κ2) is 7.13. The van der Waals surface area contributed by atoms with E-state index in [1.54, 1.807) is 30.3 Å². The number of thiazole rings is 1. The molecule has 0 radical (unpaired) electrons. The van der Waals surface area contributed by atoms with Crippen LogP contribution in [-0.2, 0) is 6.61 Å². The van der Waals surface area contributed by atoms with E-state index in [4.69, 9.17) is 20.8 Å². The van der Waals surface area contributed by atoms with E-state index in [0.717, 1.165) is 11.1 Å². The Morgan fingerprint density at radius 3 is 2.85 bits per heavy atom. The highest BCUT2D eigenvalue weighted by atomic mass is 35.5. The van der Waals surface area contributed by atoms with E-state index >= 15 is 0 Å². The fraction of sp³-hybridized carbons (Fsp3) is 0.100. The topological polar surface area (TPSA) is 52.3 Å². The summed E-state index contributed by atoms with van der Waals surface area (Å²) >= 11 is 7.40. The number of nitrogens with zero attached hydrogens (tertiary/aromatic N) is 1. The quantitative estimate of drug-likeness (QED) is 0.418. The number of aryl methyl sites for hydroxylation is 1. The van der Waals surface area contributed by atoms with Crippen molar-refractivity contribution in [2.75, 3.05) is 0 Å². The Balaban J connectivity index is 1.64. The Kier molecular flexibility index (Phi) is 4.68. The molecule has 0 fully saturated rings. The maximum Gasteiger partial charge on any atom is 0.346 e. The molecule has 0 N–H and O–H groups in total. The second-order valence-corrected chi connectivity index (χ2v) is 7.20. The number of rotatable bonds is 4. The third-order valence-electron chi connectivity index (χ3n) is 4.00. The van der Waals surface area contributed by atoms with Gasteiger partial charge in [-0.15, -0.1) is 11.3 Å². The highest BCUT2D eigenvalue weighted by molar-refractivity contribution is 7.13.